The predicted octanol–water partition coefficient (Wildman–Crippen LogP) is 4.84. The number of Topliss-reactive ketones (excluding diaryl/α,β-unsaturated/α-hetero) is 1. The maximum Gasteiger partial charge on any atom is 0.358 e. The lowest BCUT2D eigenvalue weighted by molar-refractivity contribution is 0.0469. The number of nitrogens with zero attached hydrogens (tertiary/aromatic N) is 1. The third kappa shape index (κ3) is 3.86. The molecule has 0 aliphatic heterocycles. The second-order valence-corrected chi connectivity index (χ2v) is 7.59. The fraction of sp³-hybridized carbons (Fsp3) is 0.211. The van der Waals surface area contributed by atoms with Gasteiger partial charge in [0.05, 0.1) is 4.88 Å². The molecular weight excluding hydrogens is 354 g/mol. The number of ether oxygens (including phenoxy) is 1. The number of aryl methyl sites for hydroxylation is 3. The average Bonchev–Trinajstić information content (AvgIpc) is 3.22. The van der Waals surface area contributed by atoms with Crippen LogP contribution >= 0.6 is 22.7 Å². The Balaban J connectivity index is 1.68. The second kappa shape index (κ2) is 7.29. The first kappa shape index (κ1) is 17.5. The van der Waals surface area contributed by atoms with Gasteiger partial charge in [-0.05, 0) is 43.3 Å². The molecule has 0 aliphatic carbocycles. The van der Waals surface area contributed by atoms with Gasteiger partial charge in [0.15, 0.2) is 12.3 Å². The van der Waals surface area contributed by atoms with Crippen molar-refractivity contribution in [3.8, 4) is 9.88 Å². The zero-order valence-electron chi connectivity index (χ0n) is 14.2. The molecule has 3 rings (SSSR count). The standard InChI is InChI=1S/C19H17NO3S2/c1-11-7-12(2)17(13(3)8-11)15(21)9-23-19(22)14-10-25-18(20-14)16-5-4-6-24-16/h4-8,10H,9H2,1-3H3. The third-order valence-electron chi connectivity index (χ3n) is 3.74. The lowest BCUT2D eigenvalue weighted by Gasteiger charge is -2.10. The Bertz CT molecular complexity index is 903. The van der Waals surface area contributed by atoms with E-state index in [1.54, 1.807) is 16.7 Å². The molecular formula is C19H17NO3S2. The highest BCUT2D eigenvalue weighted by atomic mass is 32.1. The van der Waals surface area contributed by atoms with Crippen molar-refractivity contribution in [3.63, 3.8) is 0 Å². The first-order chi connectivity index (χ1) is 12.0. The fourth-order valence-electron chi connectivity index (χ4n) is 2.78. The number of ketones is 1. The van der Waals surface area contributed by atoms with Crippen molar-refractivity contribution in [2.75, 3.05) is 6.61 Å². The Hall–Kier alpha value is -2.31. The summed E-state index contributed by atoms with van der Waals surface area (Å²) >= 11 is 2.95. The summed E-state index contributed by atoms with van der Waals surface area (Å²) in [5.41, 5.74) is 3.75. The lowest BCUT2D eigenvalue weighted by atomic mass is 9.97. The molecule has 0 unspecified atom stereocenters. The molecule has 0 spiro atoms. The first-order valence-electron chi connectivity index (χ1n) is 7.73. The maximum atomic E-state index is 12.4. The molecule has 128 valence electrons. The molecule has 0 saturated heterocycles. The van der Waals surface area contributed by atoms with Crippen molar-refractivity contribution in [1.82, 2.24) is 4.98 Å². The molecule has 0 N–H and O–H groups in total. The SMILES string of the molecule is Cc1cc(C)c(C(=O)COC(=O)c2csc(-c3cccs3)n2)c(C)c1. The van der Waals surface area contributed by atoms with Crippen LogP contribution in [0.4, 0.5) is 0 Å². The van der Waals surface area contributed by atoms with E-state index in [0.717, 1.165) is 26.6 Å². The van der Waals surface area contributed by atoms with Crippen LogP contribution in [-0.4, -0.2) is 23.3 Å². The van der Waals surface area contributed by atoms with Gasteiger partial charge < -0.3 is 4.74 Å². The Morgan fingerprint density at radius 3 is 2.48 bits per heavy atom. The number of carbonyl (C=O) groups excluding carboxylic acids is 2. The van der Waals surface area contributed by atoms with E-state index >= 15 is 0 Å². The lowest BCUT2D eigenvalue weighted by Crippen LogP contribution is -2.16. The van der Waals surface area contributed by atoms with Gasteiger partial charge in [-0.1, -0.05) is 23.8 Å². The van der Waals surface area contributed by atoms with Crippen LogP contribution in [0.15, 0.2) is 35.0 Å². The predicted molar refractivity (Wildman–Crippen MR) is 101 cm³/mol. The Morgan fingerprint density at radius 1 is 1.12 bits per heavy atom. The van der Waals surface area contributed by atoms with Gasteiger partial charge in [0.25, 0.3) is 0 Å². The van der Waals surface area contributed by atoms with Crippen molar-refractivity contribution in [3.05, 3.63) is 63.0 Å². The van der Waals surface area contributed by atoms with E-state index in [4.69, 9.17) is 4.74 Å². The van der Waals surface area contributed by atoms with Crippen LogP contribution in [0.1, 0.15) is 37.5 Å². The van der Waals surface area contributed by atoms with Gasteiger partial charge in [-0.25, -0.2) is 9.78 Å². The molecule has 0 aliphatic rings. The third-order valence-corrected chi connectivity index (χ3v) is 5.62. The Labute approximate surface area is 154 Å². The molecule has 3 aromatic rings. The van der Waals surface area contributed by atoms with Crippen molar-refractivity contribution in [1.29, 1.82) is 0 Å². The molecule has 6 heteroatoms. The molecule has 1 aromatic carbocycles. The number of rotatable bonds is 5. The minimum atomic E-state index is -0.574. The van der Waals surface area contributed by atoms with E-state index < -0.39 is 5.97 Å². The van der Waals surface area contributed by atoms with E-state index in [9.17, 15) is 9.59 Å². The largest absolute Gasteiger partial charge is 0.453 e. The van der Waals surface area contributed by atoms with E-state index in [1.165, 1.54) is 11.3 Å². The van der Waals surface area contributed by atoms with Crippen molar-refractivity contribution >= 4 is 34.4 Å². The summed E-state index contributed by atoms with van der Waals surface area (Å²) in [6, 6.07) is 7.79. The second-order valence-electron chi connectivity index (χ2n) is 5.79. The maximum absolute atomic E-state index is 12.4. The van der Waals surface area contributed by atoms with E-state index in [2.05, 4.69) is 4.98 Å². The smallest absolute Gasteiger partial charge is 0.358 e. The average molecular weight is 371 g/mol. The van der Waals surface area contributed by atoms with Gasteiger partial charge in [0.2, 0.25) is 5.78 Å². The Kier molecular flexibility index (Phi) is 5.11. The molecule has 4 nitrogen and oxygen atoms in total. The number of thiazole rings is 1. The molecule has 0 amide bonds. The fourth-order valence-corrected chi connectivity index (χ4v) is 4.38. The van der Waals surface area contributed by atoms with Gasteiger partial charge in [0, 0.05) is 10.9 Å². The van der Waals surface area contributed by atoms with Crippen molar-refractivity contribution in [2.24, 2.45) is 0 Å². The summed E-state index contributed by atoms with van der Waals surface area (Å²) in [4.78, 5) is 29.9. The zero-order chi connectivity index (χ0) is 18.0. The molecule has 0 fully saturated rings. The minimum Gasteiger partial charge on any atom is -0.453 e. The summed E-state index contributed by atoms with van der Waals surface area (Å²) in [6.45, 7) is 5.49. The number of hydrogen-bond donors (Lipinski definition) is 0. The van der Waals surface area contributed by atoms with Crippen LogP contribution in [0.25, 0.3) is 9.88 Å². The highest BCUT2D eigenvalue weighted by molar-refractivity contribution is 7.20. The summed E-state index contributed by atoms with van der Waals surface area (Å²) in [7, 11) is 0. The molecule has 2 heterocycles. The van der Waals surface area contributed by atoms with Crippen LogP contribution in [-0.2, 0) is 4.74 Å². The van der Waals surface area contributed by atoms with E-state index in [-0.39, 0.29) is 18.1 Å². The molecule has 0 bridgehead atoms. The highest BCUT2D eigenvalue weighted by Crippen LogP contribution is 2.28. The van der Waals surface area contributed by atoms with Gasteiger partial charge in [-0.2, -0.15) is 0 Å². The number of hydrogen-bond acceptors (Lipinski definition) is 6. The van der Waals surface area contributed by atoms with E-state index in [1.807, 2.05) is 50.4 Å². The monoisotopic (exact) mass is 371 g/mol. The number of carbonyl (C=O) groups is 2. The van der Waals surface area contributed by atoms with Crippen molar-refractivity contribution < 1.29 is 14.3 Å². The quantitative estimate of drug-likeness (QED) is 0.476. The summed E-state index contributed by atoms with van der Waals surface area (Å²) < 4.78 is 5.17. The highest BCUT2D eigenvalue weighted by Gasteiger charge is 2.18. The zero-order valence-corrected chi connectivity index (χ0v) is 15.8. The van der Waals surface area contributed by atoms with Gasteiger partial charge in [-0.3, -0.25) is 4.79 Å². The number of esters is 1. The number of benzene rings is 1. The van der Waals surface area contributed by atoms with Gasteiger partial charge in [0.1, 0.15) is 5.01 Å². The van der Waals surface area contributed by atoms with Crippen LogP contribution in [0.5, 0.6) is 0 Å². The minimum absolute atomic E-state index is 0.197. The summed E-state index contributed by atoms with van der Waals surface area (Å²) in [6.07, 6.45) is 0. The number of aromatic nitrogens is 1. The normalized spacial score (nSPS) is 10.7. The molecule has 0 saturated carbocycles. The van der Waals surface area contributed by atoms with Crippen LogP contribution < -0.4 is 0 Å². The van der Waals surface area contributed by atoms with Gasteiger partial charge >= 0.3 is 5.97 Å². The number of thiophene rings is 1. The molecule has 0 radical (unpaired) electrons. The summed E-state index contributed by atoms with van der Waals surface area (Å²) in [5, 5.41) is 4.39. The summed E-state index contributed by atoms with van der Waals surface area (Å²) in [5.74, 6) is -0.771. The van der Waals surface area contributed by atoms with Gasteiger partial charge in [-0.15, -0.1) is 22.7 Å². The van der Waals surface area contributed by atoms with Crippen molar-refractivity contribution in [2.45, 2.75) is 20.8 Å². The van der Waals surface area contributed by atoms with Crippen LogP contribution in [0.3, 0.4) is 0 Å². The topological polar surface area (TPSA) is 56.3 Å². The van der Waals surface area contributed by atoms with E-state index in [0.29, 0.717) is 5.56 Å². The first-order valence-corrected chi connectivity index (χ1v) is 9.49. The Morgan fingerprint density at radius 2 is 1.84 bits per heavy atom. The van der Waals surface area contributed by atoms with Crippen LogP contribution in [0.2, 0.25) is 0 Å². The van der Waals surface area contributed by atoms with Crippen LogP contribution in [0, 0.1) is 20.8 Å². The molecule has 2 aromatic heterocycles. The molecule has 0 atom stereocenters. The molecule has 25 heavy (non-hydrogen) atoms.